The van der Waals surface area contributed by atoms with Crippen LogP contribution in [0.3, 0.4) is 0 Å². The molecule has 0 unspecified atom stereocenters. The van der Waals surface area contributed by atoms with Crippen LogP contribution in [0.2, 0.25) is 0 Å². The second kappa shape index (κ2) is 9.74. The number of nitrogens with two attached hydrogens (primary N) is 1. The van der Waals surface area contributed by atoms with E-state index in [1.165, 1.54) is 31.3 Å². The van der Waals surface area contributed by atoms with Gasteiger partial charge in [0.25, 0.3) is 5.56 Å². The zero-order valence-electron chi connectivity index (χ0n) is 16.0. The number of aryl methyl sites for hydroxylation is 1. The molecule has 1 aromatic carbocycles. The van der Waals surface area contributed by atoms with Crippen molar-refractivity contribution in [3.8, 4) is 11.5 Å². The lowest BCUT2D eigenvalue weighted by molar-refractivity contribution is -0.116. The number of carbonyl (C=O) groups excluding carboxylic acids is 1. The van der Waals surface area contributed by atoms with Crippen molar-refractivity contribution in [1.82, 2.24) is 14.5 Å². The van der Waals surface area contributed by atoms with Crippen LogP contribution in [-0.2, 0) is 11.3 Å². The molecule has 9 nitrogen and oxygen atoms in total. The third kappa shape index (κ3) is 5.14. The van der Waals surface area contributed by atoms with Gasteiger partial charge in [0.15, 0.2) is 11.5 Å². The highest BCUT2D eigenvalue weighted by molar-refractivity contribution is 5.90. The molecule has 0 radical (unpaired) electrons. The van der Waals surface area contributed by atoms with Crippen LogP contribution in [0.15, 0.2) is 41.6 Å². The molecule has 0 bridgehead atoms. The number of nitrogens with zero attached hydrogens (tertiary/aromatic N) is 3. The van der Waals surface area contributed by atoms with Gasteiger partial charge in [-0.25, -0.2) is 9.97 Å². The van der Waals surface area contributed by atoms with Gasteiger partial charge in [0.05, 0.1) is 43.3 Å². The average molecular weight is 420 g/mol. The van der Waals surface area contributed by atoms with Gasteiger partial charge in [0.1, 0.15) is 5.82 Å². The SMILES string of the molecule is COc1cc2ncn(CCCC(=O)Nc3ccc(N)nc3)c(=O)c2cc1OC.Cl. The zero-order chi connectivity index (χ0) is 20.1. The molecule has 0 atom stereocenters. The van der Waals surface area contributed by atoms with Crippen molar-refractivity contribution in [1.29, 1.82) is 0 Å². The zero-order valence-corrected chi connectivity index (χ0v) is 16.9. The van der Waals surface area contributed by atoms with Crippen molar-refractivity contribution in [3.63, 3.8) is 0 Å². The van der Waals surface area contributed by atoms with E-state index in [9.17, 15) is 9.59 Å². The molecule has 0 aliphatic carbocycles. The molecule has 0 aliphatic rings. The van der Waals surface area contributed by atoms with Crippen LogP contribution in [0.1, 0.15) is 12.8 Å². The molecule has 3 aromatic rings. The second-order valence-corrected chi connectivity index (χ2v) is 6.09. The summed E-state index contributed by atoms with van der Waals surface area (Å²) in [4.78, 5) is 33.0. The minimum absolute atomic E-state index is 0. The number of pyridine rings is 1. The number of amides is 1. The predicted octanol–water partition coefficient (Wildman–Crippen LogP) is 2.23. The van der Waals surface area contributed by atoms with Crippen molar-refractivity contribution < 1.29 is 14.3 Å². The molecular weight excluding hydrogens is 398 g/mol. The number of carbonyl (C=O) groups is 1. The van der Waals surface area contributed by atoms with E-state index in [1.54, 1.807) is 24.3 Å². The Hall–Kier alpha value is -3.33. The molecular formula is C19H22ClN5O4. The number of ether oxygens (including phenoxy) is 2. The molecule has 0 aliphatic heterocycles. The number of anilines is 2. The van der Waals surface area contributed by atoms with Gasteiger partial charge >= 0.3 is 0 Å². The normalized spacial score (nSPS) is 10.3. The summed E-state index contributed by atoms with van der Waals surface area (Å²) < 4.78 is 12.0. The fourth-order valence-corrected chi connectivity index (χ4v) is 2.76. The molecule has 0 saturated heterocycles. The van der Waals surface area contributed by atoms with E-state index in [-0.39, 0.29) is 30.3 Å². The Morgan fingerprint density at radius 3 is 2.55 bits per heavy atom. The van der Waals surface area contributed by atoms with E-state index in [0.717, 1.165) is 0 Å². The molecule has 29 heavy (non-hydrogen) atoms. The van der Waals surface area contributed by atoms with Crippen molar-refractivity contribution in [2.45, 2.75) is 19.4 Å². The van der Waals surface area contributed by atoms with Crippen LogP contribution in [0.25, 0.3) is 10.9 Å². The van der Waals surface area contributed by atoms with Crippen LogP contribution >= 0.6 is 12.4 Å². The second-order valence-electron chi connectivity index (χ2n) is 6.09. The minimum atomic E-state index is -0.200. The maximum Gasteiger partial charge on any atom is 0.261 e. The van der Waals surface area contributed by atoms with Crippen LogP contribution in [-0.4, -0.2) is 34.7 Å². The Morgan fingerprint density at radius 2 is 1.90 bits per heavy atom. The third-order valence-electron chi connectivity index (χ3n) is 4.20. The fraction of sp³-hybridized carbons (Fsp3) is 0.263. The van der Waals surface area contributed by atoms with Crippen LogP contribution in [0.5, 0.6) is 11.5 Å². The molecule has 2 heterocycles. The first kappa shape index (κ1) is 22.0. The van der Waals surface area contributed by atoms with E-state index < -0.39 is 0 Å². The summed E-state index contributed by atoms with van der Waals surface area (Å²) in [5.74, 6) is 1.19. The standard InChI is InChI=1S/C19H21N5O4.ClH/c1-27-15-8-13-14(9-16(15)28-2)22-11-24(19(13)26)7-3-4-18(25)23-12-5-6-17(20)21-10-12;/h5-6,8-11H,3-4,7H2,1-2H3,(H2,20,21)(H,23,25);1H. The fourth-order valence-electron chi connectivity index (χ4n) is 2.76. The smallest absolute Gasteiger partial charge is 0.261 e. The Kier molecular flexibility index (Phi) is 7.38. The molecule has 0 spiro atoms. The van der Waals surface area contributed by atoms with Crippen LogP contribution in [0.4, 0.5) is 11.5 Å². The Balaban J connectivity index is 0.00000300. The molecule has 1 amide bonds. The average Bonchev–Trinajstić information content (AvgIpc) is 2.70. The number of fused-ring (bicyclic) bond motifs is 1. The van der Waals surface area contributed by atoms with Gasteiger partial charge in [-0.3, -0.25) is 14.2 Å². The van der Waals surface area contributed by atoms with Gasteiger partial charge in [0, 0.05) is 19.0 Å². The van der Waals surface area contributed by atoms with Crippen molar-refractivity contribution in [2.75, 3.05) is 25.3 Å². The lowest BCUT2D eigenvalue weighted by Gasteiger charge is -2.10. The van der Waals surface area contributed by atoms with E-state index in [1.807, 2.05) is 0 Å². The number of rotatable bonds is 7. The maximum atomic E-state index is 12.7. The molecule has 154 valence electrons. The van der Waals surface area contributed by atoms with Gasteiger partial charge in [-0.05, 0) is 24.6 Å². The number of hydrogen-bond acceptors (Lipinski definition) is 7. The molecule has 10 heteroatoms. The van der Waals surface area contributed by atoms with Crippen molar-refractivity contribution >= 4 is 40.7 Å². The number of aromatic nitrogens is 3. The highest BCUT2D eigenvalue weighted by atomic mass is 35.5. The molecule has 2 aromatic heterocycles. The Bertz CT molecular complexity index is 1050. The lowest BCUT2D eigenvalue weighted by atomic mass is 10.2. The lowest BCUT2D eigenvalue weighted by Crippen LogP contribution is -2.22. The molecule has 0 fully saturated rings. The highest BCUT2D eigenvalue weighted by Crippen LogP contribution is 2.29. The van der Waals surface area contributed by atoms with Crippen LogP contribution < -0.4 is 26.1 Å². The highest BCUT2D eigenvalue weighted by Gasteiger charge is 2.11. The number of halogens is 1. The minimum Gasteiger partial charge on any atom is -0.493 e. The summed E-state index contributed by atoms with van der Waals surface area (Å²) in [5, 5.41) is 3.17. The van der Waals surface area contributed by atoms with E-state index in [4.69, 9.17) is 15.2 Å². The van der Waals surface area contributed by atoms with Gasteiger partial charge in [-0.15, -0.1) is 12.4 Å². The first-order valence-electron chi connectivity index (χ1n) is 8.64. The number of hydrogen-bond donors (Lipinski definition) is 2. The number of nitrogen functional groups attached to an aromatic ring is 1. The predicted molar refractivity (Wildman–Crippen MR) is 113 cm³/mol. The molecule has 3 rings (SSSR count). The monoisotopic (exact) mass is 419 g/mol. The summed E-state index contributed by atoms with van der Waals surface area (Å²) in [6.45, 7) is 0.365. The third-order valence-corrected chi connectivity index (χ3v) is 4.20. The summed E-state index contributed by atoms with van der Waals surface area (Å²) >= 11 is 0. The number of methoxy groups -OCH3 is 2. The van der Waals surface area contributed by atoms with Gasteiger partial charge in [0.2, 0.25) is 5.91 Å². The van der Waals surface area contributed by atoms with Crippen molar-refractivity contribution in [2.24, 2.45) is 0 Å². The summed E-state index contributed by atoms with van der Waals surface area (Å²) in [6, 6.07) is 6.56. The number of benzene rings is 1. The van der Waals surface area contributed by atoms with E-state index in [0.29, 0.717) is 46.9 Å². The molecule has 3 N–H and O–H groups in total. The van der Waals surface area contributed by atoms with Gasteiger partial charge < -0.3 is 20.5 Å². The van der Waals surface area contributed by atoms with Gasteiger partial charge in [-0.1, -0.05) is 0 Å². The van der Waals surface area contributed by atoms with Crippen LogP contribution in [0, 0.1) is 0 Å². The first-order valence-corrected chi connectivity index (χ1v) is 8.64. The number of nitrogens with one attached hydrogen (secondary N) is 1. The summed E-state index contributed by atoms with van der Waals surface area (Å²) in [6.07, 6.45) is 3.69. The summed E-state index contributed by atoms with van der Waals surface area (Å²) in [5.41, 5.74) is 6.41. The Morgan fingerprint density at radius 1 is 1.17 bits per heavy atom. The van der Waals surface area contributed by atoms with Crippen molar-refractivity contribution in [3.05, 3.63) is 47.1 Å². The first-order chi connectivity index (χ1) is 13.5. The quantitative estimate of drug-likeness (QED) is 0.602. The maximum absolute atomic E-state index is 12.7. The summed E-state index contributed by atoms with van der Waals surface area (Å²) in [7, 11) is 3.03. The largest absolute Gasteiger partial charge is 0.493 e. The topological polar surface area (TPSA) is 121 Å². The Labute approximate surface area is 173 Å². The molecule has 0 saturated carbocycles. The van der Waals surface area contributed by atoms with Gasteiger partial charge in [-0.2, -0.15) is 0 Å². The van der Waals surface area contributed by atoms with E-state index >= 15 is 0 Å². The van der Waals surface area contributed by atoms with E-state index in [2.05, 4.69) is 15.3 Å².